The quantitative estimate of drug-likeness (QED) is 0.653. The normalized spacial score (nSPS) is 13.0. The summed E-state index contributed by atoms with van der Waals surface area (Å²) in [5.41, 5.74) is 5.82. The summed E-state index contributed by atoms with van der Waals surface area (Å²) in [6.07, 6.45) is 0.984. The number of hydrazine groups is 1. The topological polar surface area (TPSA) is 73.1 Å². The van der Waals surface area contributed by atoms with Crippen molar-refractivity contribution < 1.29 is 4.74 Å². The molecule has 0 saturated carbocycles. The number of nitrogens with two attached hydrogens (primary N) is 1. The van der Waals surface area contributed by atoms with Crippen LogP contribution in [0.25, 0.3) is 11.4 Å². The van der Waals surface area contributed by atoms with Crippen LogP contribution < -0.4 is 16.0 Å². The number of nitrogens with zero attached hydrogens (tertiary/aromatic N) is 2. The molecule has 0 aliphatic carbocycles. The minimum atomic E-state index is 0.686. The molecule has 1 aliphatic rings. The number of thioether (sulfide) groups is 1. The number of anilines is 1. The van der Waals surface area contributed by atoms with Gasteiger partial charge in [-0.05, 0) is 18.6 Å². The van der Waals surface area contributed by atoms with Gasteiger partial charge in [-0.1, -0.05) is 19.1 Å². The molecule has 0 atom stereocenters. The van der Waals surface area contributed by atoms with E-state index in [0.29, 0.717) is 12.4 Å². The van der Waals surface area contributed by atoms with Crippen LogP contribution in [0.15, 0.2) is 24.3 Å². The highest BCUT2D eigenvalue weighted by Gasteiger charge is 2.20. The smallest absolute Gasteiger partial charge is 0.161 e. The van der Waals surface area contributed by atoms with Crippen LogP contribution in [0.3, 0.4) is 0 Å². The molecule has 3 rings (SSSR count). The third-order valence-electron chi connectivity index (χ3n) is 3.28. The maximum absolute atomic E-state index is 5.67. The van der Waals surface area contributed by atoms with Crippen molar-refractivity contribution in [3.63, 3.8) is 0 Å². The summed E-state index contributed by atoms with van der Waals surface area (Å²) in [7, 11) is 0. The molecule has 1 aromatic carbocycles. The molecule has 0 saturated heterocycles. The van der Waals surface area contributed by atoms with Crippen molar-refractivity contribution in [2.24, 2.45) is 5.84 Å². The molecule has 0 unspecified atom stereocenters. The first-order chi connectivity index (χ1) is 10.3. The predicted octanol–water partition coefficient (Wildman–Crippen LogP) is 2.96. The predicted molar refractivity (Wildman–Crippen MR) is 86.1 cm³/mol. The Morgan fingerprint density at radius 2 is 2.24 bits per heavy atom. The van der Waals surface area contributed by atoms with Gasteiger partial charge in [-0.3, -0.25) is 0 Å². The van der Waals surface area contributed by atoms with Gasteiger partial charge < -0.3 is 10.2 Å². The average Bonchev–Trinajstić information content (AvgIpc) is 3.00. The van der Waals surface area contributed by atoms with Crippen LogP contribution in [0.2, 0.25) is 0 Å². The van der Waals surface area contributed by atoms with Gasteiger partial charge >= 0.3 is 0 Å². The first-order valence-corrected chi connectivity index (χ1v) is 8.14. The van der Waals surface area contributed by atoms with Crippen LogP contribution in [0, 0.1) is 0 Å². The minimum Gasteiger partial charge on any atom is -0.494 e. The second-order valence-corrected chi connectivity index (χ2v) is 5.82. The summed E-state index contributed by atoms with van der Waals surface area (Å²) in [5.74, 6) is 9.66. The molecule has 6 heteroatoms. The van der Waals surface area contributed by atoms with Crippen LogP contribution in [0.5, 0.6) is 5.75 Å². The summed E-state index contributed by atoms with van der Waals surface area (Å²) in [6.45, 7) is 2.80. The Kier molecular flexibility index (Phi) is 4.26. The Hall–Kier alpha value is -1.79. The molecule has 1 aromatic heterocycles. The molecule has 2 aromatic rings. The molecule has 21 heavy (non-hydrogen) atoms. The fourth-order valence-electron chi connectivity index (χ4n) is 2.24. The molecular weight excluding hydrogens is 284 g/mol. The third kappa shape index (κ3) is 2.96. The van der Waals surface area contributed by atoms with E-state index in [0.717, 1.165) is 46.3 Å². The lowest BCUT2D eigenvalue weighted by Crippen LogP contribution is -2.12. The Morgan fingerprint density at radius 1 is 1.33 bits per heavy atom. The van der Waals surface area contributed by atoms with Crippen LogP contribution in [0.4, 0.5) is 5.82 Å². The number of hydrogen-bond acceptors (Lipinski definition) is 6. The van der Waals surface area contributed by atoms with Gasteiger partial charge in [0.05, 0.1) is 12.3 Å². The highest BCUT2D eigenvalue weighted by molar-refractivity contribution is 7.98. The molecule has 3 N–H and O–H groups in total. The van der Waals surface area contributed by atoms with E-state index in [-0.39, 0.29) is 0 Å². The molecule has 2 heterocycles. The van der Waals surface area contributed by atoms with Gasteiger partial charge in [0.25, 0.3) is 0 Å². The lowest BCUT2D eigenvalue weighted by molar-refractivity contribution is 0.317. The van der Waals surface area contributed by atoms with E-state index in [1.807, 2.05) is 36.0 Å². The van der Waals surface area contributed by atoms with Crippen molar-refractivity contribution in [3.8, 4) is 17.1 Å². The van der Waals surface area contributed by atoms with Gasteiger partial charge in [-0.15, -0.1) is 0 Å². The fourth-order valence-corrected chi connectivity index (χ4v) is 3.29. The molecule has 5 nitrogen and oxygen atoms in total. The number of rotatable bonds is 5. The maximum Gasteiger partial charge on any atom is 0.161 e. The van der Waals surface area contributed by atoms with Gasteiger partial charge in [-0.2, -0.15) is 11.8 Å². The highest BCUT2D eigenvalue weighted by atomic mass is 32.2. The Labute approximate surface area is 128 Å². The van der Waals surface area contributed by atoms with Gasteiger partial charge in [0.1, 0.15) is 11.6 Å². The lowest BCUT2D eigenvalue weighted by atomic mass is 10.1. The largest absolute Gasteiger partial charge is 0.494 e. The van der Waals surface area contributed by atoms with Crippen molar-refractivity contribution in [1.29, 1.82) is 0 Å². The van der Waals surface area contributed by atoms with Crippen molar-refractivity contribution in [3.05, 3.63) is 35.5 Å². The number of benzene rings is 1. The van der Waals surface area contributed by atoms with E-state index < -0.39 is 0 Å². The summed E-state index contributed by atoms with van der Waals surface area (Å²) >= 11 is 1.83. The SMILES string of the molecule is CCCOc1cccc(-c2nc3c(c(NN)n2)CSC3)c1. The van der Waals surface area contributed by atoms with Gasteiger partial charge in [0.2, 0.25) is 0 Å². The number of nitrogen functional groups attached to an aromatic ring is 1. The highest BCUT2D eigenvalue weighted by Crippen LogP contribution is 2.34. The Balaban J connectivity index is 1.97. The first-order valence-electron chi connectivity index (χ1n) is 6.99. The Bertz CT molecular complexity index is 648. The summed E-state index contributed by atoms with van der Waals surface area (Å²) in [5, 5.41) is 0. The van der Waals surface area contributed by atoms with Gasteiger partial charge in [0, 0.05) is 22.6 Å². The molecule has 110 valence electrons. The number of nitrogens with one attached hydrogen (secondary N) is 1. The lowest BCUT2D eigenvalue weighted by Gasteiger charge is -2.10. The molecule has 0 spiro atoms. The van der Waals surface area contributed by atoms with Crippen LogP contribution >= 0.6 is 11.8 Å². The number of ether oxygens (including phenoxy) is 1. The monoisotopic (exact) mass is 302 g/mol. The fraction of sp³-hybridized carbons (Fsp3) is 0.333. The standard InChI is InChI=1S/C15H18N4OS/c1-2-6-20-11-5-3-4-10(7-11)14-17-13-9-21-8-12(13)15(18-14)19-16/h3-5,7H,2,6,8-9,16H2,1H3,(H,17,18,19). The zero-order valence-electron chi connectivity index (χ0n) is 11.9. The van der Waals surface area contributed by atoms with E-state index in [4.69, 9.17) is 10.6 Å². The van der Waals surface area contributed by atoms with E-state index in [2.05, 4.69) is 22.3 Å². The minimum absolute atomic E-state index is 0.686. The zero-order valence-corrected chi connectivity index (χ0v) is 12.7. The van der Waals surface area contributed by atoms with Crippen molar-refractivity contribution in [2.75, 3.05) is 12.0 Å². The summed E-state index contributed by atoms with van der Waals surface area (Å²) in [4.78, 5) is 9.21. The van der Waals surface area contributed by atoms with Crippen molar-refractivity contribution in [2.45, 2.75) is 24.9 Å². The van der Waals surface area contributed by atoms with Crippen molar-refractivity contribution >= 4 is 17.6 Å². The Morgan fingerprint density at radius 3 is 3.05 bits per heavy atom. The molecule has 0 amide bonds. The second-order valence-electron chi connectivity index (χ2n) is 4.83. The molecule has 0 bridgehead atoms. The molecule has 1 aliphatic heterocycles. The number of aromatic nitrogens is 2. The summed E-state index contributed by atoms with van der Waals surface area (Å²) < 4.78 is 5.67. The second kappa shape index (κ2) is 6.32. The van der Waals surface area contributed by atoms with Crippen molar-refractivity contribution in [1.82, 2.24) is 9.97 Å². The van der Waals surface area contributed by atoms with E-state index >= 15 is 0 Å². The van der Waals surface area contributed by atoms with Gasteiger partial charge in [0.15, 0.2) is 5.82 Å². The first kappa shape index (κ1) is 14.2. The van der Waals surface area contributed by atoms with E-state index in [9.17, 15) is 0 Å². The number of fused-ring (bicyclic) bond motifs is 1. The third-order valence-corrected chi connectivity index (χ3v) is 4.25. The molecule has 0 radical (unpaired) electrons. The number of hydrogen-bond donors (Lipinski definition) is 2. The van der Waals surface area contributed by atoms with Crippen LogP contribution in [-0.4, -0.2) is 16.6 Å². The average molecular weight is 302 g/mol. The maximum atomic E-state index is 5.67. The zero-order chi connectivity index (χ0) is 14.7. The summed E-state index contributed by atoms with van der Waals surface area (Å²) in [6, 6.07) is 7.87. The van der Waals surface area contributed by atoms with E-state index in [1.165, 1.54) is 0 Å². The van der Waals surface area contributed by atoms with E-state index in [1.54, 1.807) is 0 Å². The van der Waals surface area contributed by atoms with Crippen LogP contribution in [0.1, 0.15) is 24.6 Å². The van der Waals surface area contributed by atoms with Crippen LogP contribution in [-0.2, 0) is 11.5 Å². The molecule has 0 fully saturated rings. The molecular formula is C15H18N4OS. The van der Waals surface area contributed by atoms with Gasteiger partial charge in [-0.25, -0.2) is 15.8 Å².